The smallest absolute Gasteiger partial charge is 0.306 e. The Bertz CT molecular complexity index is 475. The number of cyclic esters (lactones) is 1. The number of carbonyl (C=O) groups excluding carboxylic acids is 1. The van der Waals surface area contributed by atoms with Gasteiger partial charge in [-0.15, -0.1) is 0 Å². The van der Waals surface area contributed by atoms with Gasteiger partial charge in [-0.1, -0.05) is 13.8 Å². The molecule has 0 aromatic heterocycles. The largest absolute Gasteiger partial charge is 0.465 e. The minimum atomic E-state index is -0.0758. The summed E-state index contributed by atoms with van der Waals surface area (Å²) in [7, 11) is 0. The number of ether oxygens (including phenoxy) is 1. The van der Waals surface area contributed by atoms with Gasteiger partial charge in [-0.3, -0.25) is 4.79 Å². The van der Waals surface area contributed by atoms with Crippen LogP contribution in [0.1, 0.15) is 65.2 Å². The number of esters is 1. The Labute approximate surface area is 133 Å². The molecule has 1 N–H and O–H groups in total. The molecule has 3 nitrogen and oxygen atoms in total. The van der Waals surface area contributed by atoms with Gasteiger partial charge in [-0.05, 0) is 74.0 Å². The average molecular weight is 306 g/mol. The number of rotatable bonds is 0. The van der Waals surface area contributed by atoms with E-state index < -0.39 is 0 Å². The van der Waals surface area contributed by atoms with Gasteiger partial charge in [0, 0.05) is 11.8 Å². The molecular weight excluding hydrogens is 276 g/mol. The first-order valence-corrected chi connectivity index (χ1v) is 9.26. The van der Waals surface area contributed by atoms with Gasteiger partial charge in [0.2, 0.25) is 0 Å². The van der Waals surface area contributed by atoms with Crippen LogP contribution < -0.4 is 0 Å². The molecule has 3 saturated carbocycles. The van der Waals surface area contributed by atoms with Crippen molar-refractivity contribution in [2.24, 2.45) is 34.5 Å². The van der Waals surface area contributed by atoms with Gasteiger partial charge in [-0.2, -0.15) is 0 Å². The van der Waals surface area contributed by atoms with Crippen LogP contribution >= 0.6 is 0 Å². The summed E-state index contributed by atoms with van der Waals surface area (Å²) in [5, 5.41) is 10.1. The molecule has 0 amide bonds. The molecule has 0 radical (unpaired) electrons. The summed E-state index contributed by atoms with van der Waals surface area (Å²) < 4.78 is 5.40. The minimum absolute atomic E-state index is 0.0227. The van der Waals surface area contributed by atoms with Crippen molar-refractivity contribution in [3.05, 3.63) is 0 Å². The Morgan fingerprint density at radius 2 is 1.91 bits per heavy atom. The Hall–Kier alpha value is -0.570. The van der Waals surface area contributed by atoms with E-state index in [2.05, 4.69) is 13.8 Å². The van der Waals surface area contributed by atoms with Crippen molar-refractivity contribution in [1.29, 1.82) is 0 Å². The summed E-state index contributed by atoms with van der Waals surface area (Å²) in [6.45, 7) is 5.47. The molecule has 0 unspecified atom stereocenters. The van der Waals surface area contributed by atoms with E-state index in [1.54, 1.807) is 0 Å². The molecule has 1 aliphatic heterocycles. The zero-order valence-corrected chi connectivity index (χ0v) is 14.0. The van der Waals surface area contributed by atoms with E-state index in [0.29, 0.717) is 36.2 Å². The molecule has 124 valence electrons. The van der Waals surface area contributed by atoms with Crippen molar-refractivity contribution in [1.82, 2.24) is 0 Å². The quantitative estimate of drug-likeness (QED) is 0.696. The number of fused-ring (bicyclic) bond motifs is 5. The molecule has 4 aliphatic rings. The highest BCUT2D eigenvalue weighted by Gasteiger charge is 2.58. The van der Waals surface area contributed by atoms with E-state index in [0.717, 1.165) is 18.8 Å². The van der Waals surface area contributed by atoms with E-state index in [1.807, 2.05) is 0 Å². The van der Waals surface area contributed by atoms with Crippen LogP contribution in [0.2, 0.25) is 0 Å². The number of hydrogen-bond acceptors (Lipinski definition) is 3. The van der Waals surface area contributed by atoms with E-state index in [9.17, 15) is 9.90 Å². The van der Waals surface area contributed by atoms with Gasteiger partial charge in [0.15, 0.2) is 0 Å². The van der Waals surface area contributed by atoms with E-state index in [1.165, 1.54) is 32.1 Å². The molecular formula is C19H30O3. The third-order valence-corrected chi connectivity index (χ3v) is 8.11. The lowest BCUT2D eigenvalue weighted by Crippen LogP contribution is -2.56. The lowest BCUT2D eigenvalue weighted by Gasteiger charge is -2.61. The monoisotopic (exact) mass is 306 g/mol. The molecule has 3 heteroatoms. The molecule has 22 heavy (non-hydrogen) atoms. The molecule has 1 saturated heterocycles. The zero-order chi connectivity index (χ0) is 15.5. The van der Waals surface area contributed by atoms with Crippen molar-refractivity contribution in [2.75, 3.05) is 6.61 Å². The van der Waals surface area contributed by atoms with Crippen LogP contribution in [-0.2, 0) is 9.53 Å². The van der Waals surface area contributed by atoms with Crippen molar-refractivity contribution < 1.29 is 14.6 Å². The van der Waals surface area contributed by atoms with Crippen LogP contribution in [0.3, 0.4) is 0 Å². The lowest BCUT2D eigenvalue weighted by atomic mass is 9.44. The van der Waals surface area contributed by atoms with Crippen LogP contribution in [0.4, 0.5) is 0 Å². The third kappa shape index (κ3) is 2.07. The van der Waals surface area contributed by atoms with E-state index >= 15 is 0 Å². The summed E-state index contributed by atoms with van der Waals surface area (Å²) in [5.41, 5.74) is 0.608. The molecule has 0 spiro atoms. The molecule has 4 rings (SSSR count). The Kier molecular flexibility index (Phi) is 3.38. The Balaban J connectivity index is 1.62. The molecule has 3 aliphatic carbocycles. The maximum absolute atomic E-state index is 11.9. The summed E-state index contributed by atoms with van der Waals surface area (Å²) in [5.74, 6) is 2.69. The van der Waals surface area contributed by atoms with Crippen LogP contribution in [0, 0.1) is 34.5 Å². The van der Waals surface area contributed by atoms with Gasteiger partial charge in [0.1, 0.15) is 0 Å². The maximum atomic E-state index is 11.9. The molecule has 1 heterocycles. The summed E-state index contributed by atoms with van der Waals surface area (Å²) >= 11 is 0. The second-order valence-corrected chi connectivity index (χ2v) is 9.14. The molecule has 0 aromatic carbocycles. The topological polar surface area (TPSA) is 46.5 Å². The molecule has 7 atom stereocenters. The van der Waals surface area contributed by atoms with Crippen LogP contribution in [-0.4, -0.2) is 23.8 Å². The highest BCUT2D eigenvalue weighted by Crippen LogP contribution is 2.64. The molecule has 4 fully saturated rings. The predicted octanol–water partition coefficient (Wildman–Crippen LogP) is 3.54. The lowest BCUT2D eigenvalue weighted by molar-refractivity contribution is -0.183. The molecule has 0 bridgehead atoms. The first-order chi connectivity index (χ1) is 10.4. The van der Waals surface area contributed by atoms with Gasteiger partial charge >= 0.3 is 5.97 Å². The summed E-state index contributed by atoms with van der Waals surface area (Å²) in [6.07, 6.45) is 8.71. The SMILES string of the molecule is C[C@]12CC[C@H]3[C@@H](CC[C@H]4C[C@@H](O)CC[C@@]43C)[C@@H]1CC(=O)OC2. The third-order valence-electron chi connectivity index (χ3n) is 8.11. The van der Waals surface area contributed by atoms with E-state index in [-0.39, 0.29) is 17.5 Å². The summed E-state index contributed by atoms with van der Waals surface area (Å²) in [4.78, 5) is 11.9. The standard InChI is InChI=1S/C19H30O3/c1-18-7-6-15-14(16(18)10-17(21)22-11-18)4-3-12-9-13(20)5-8-19(12,15)2/h12-16,20H,3-11H2,1-2H3/t12-,13-,14+,15-,16-,18+,19-/m0/s1. The second-order valence-electron chi connectivity index (χ2n) is 9.14. The van der Waals surface area contributed by atoms with Crippen LogP contribution in [0.5, 0.6) is 0 Å². The average Bonchev–Trinajstić information content (AvgIpc) is 2.48. The highest BCUT2D eigenvalue weighted by atomic mass is 16.5. The zero-order valence-electron chi connectivity index (χ0n) is 14.0. The van der Waals surface area contributed by atoms with Gasteiger partial charge < -0.3 is 9.84 Å². The van der Waals surface area contributed by atoms with Crippen LogP contribution in [0.25, 0.3) is 0 Å². The number of carbonyl (C=O) groups is 1. The fourth-order valence-electron chi connectivity index (χ4n) is 6.69. The van der Waals surface area contributed by atoms with Gasteiger partial charge in [-0.25, -0.2) is 0 Å². The number of aliphatic hydroxyl groups excluding tert-OH is 1. The first-order valence-electron chi connectivity index (χ1n) is 9.26. The fourth-order valence-corrected chi connectivity index (χ4v) is 6.69. The van der Waals surface area contributed by atoms with Gasteiger partial charge in [0.25, 0.3) is 0 Å². The second kappa shape index (κ2) is 4.96. The van der Waals surface area contributed by atoms with Crippen molar-refractivity contribution in [3.63, 3.8) is 0 Å². The maximum Gasteiger partial charge on any atom is 0.306 e. The predicted molar refractivity (Wildman–Crippen MR) is 84.1 cm³/mol. The van der Waals surface area contributed by atoms with Crippen molar-refractivity contribution in [3.8, 4) is 0 Å². The number of aliphatic hydroxyl groups is 1. The van der Waals surface area contributed by atoms with Gasteiger partial charge in [0.05, 0.1) is 12.7 Å². The normalized spacial score (nSPS) is 54.7. The van der Waals surface area contributed by atoms with E-state index in [4.69, 9.17) is 4.74 Å². The molecule has 0 aromatic rings. The minimum Gasteiger partial charge on any atom is -0.465 e. The highest BCUT2D eigenvalue weighted by molar-refractivity contribution is 5.70. The first kappa shape index (κ1) is 15.0. The Morgan fingerprint density at radius 3 is 2.73 bits per heavy atom. The fraction of sp³-hybridized carbons (Fsp3) is 0.947. The Morgan fingerprint density at radius 1 is 1.09 bits per heavy atom. The van der Waals surface area contributed by atoms with Crippen LogP contribution in [0.15, 0.2) is 0 Å². The number of hydrogen-bond donors (Lipinski definition) is 1. The van der Waals surface area contributed by atoms with Crippen molar-refractivity contribution >= 4 is 5.97 Å². The summed E-state index contributed by atoms with van der Waals surface area (Å²) in [6, 6.07) is 0. The van der Waals surface area contributed by atoms with Crippen molar-refractivity contribution in [2.45, 2.75) is 71.3 Å².